The summed E-state index contributed by atoms with van der Waals surface area (Å²) in [5, 5.41) is 3.24. The summed E-state index contributed by atoms with van der Waals surface area (Å²) in [4.78, 5) is 30.6. The third-order valence-corrected chi connectivity index (χ3v) is 11.0. The summed E-state index contributed by atoms with van der Waals surface area (Å²) in [7, 11) is -2.78. The van der Waals surface area contributed by atoms with Crippen LogP contribution in [0.3, 0.4) is 0 Å². The number of rotatable bonds is 13. The molecule has 4 aromatic carbocycles. The molecule has 1 aliphatic carbocycles. The minimum Gasteiger partial charge on any atom is -0.495 e. The van der Waals surface area contributed by atoms with E-state index in [2.05, 4.69) is 21.2 Å². The molecule has 1 N–H and O–H groups in total. The van der Waals surface area contributed by atoms with Crippen LogP contribution < -0.4 is 14.4 Å². The van der Waals surface area contributed by atoms with Crippen molar-refractivity contribution in [2.45, 2.75) is 69.0 Å². The van der Waals surface area contributed by atoms with E-state index in [-0.39, 0.29) is 35.5 Å². The normalized spacial score (nSPS) is 14.1. The summed E-state index contributed by atoms with van der Waals surface area (Å²) in [5.41, 5.74) is 2.83. The molecule has 0 radical (unpaired) electrons. The molecule has 0 heterocycles. The Labute approximate surface area is 292 Å². The lowest BCUT2D eigenvalue weighted by atomic mass is 9.94. The van der Waals surface area contributed by atoms with Gasteiger partial charge < -0.3 is 15.0 Å². The van der Waals surface area contributed by atoms with Crippen LogP contribution in [0.15, 0.2) is 112 Å². The highest BCUT2D eigenvalue weighted by Crippen LogP contribution is 2.33. The van der Waals surface area contributed by atoms with Gasteiger partial charge in [-0.1, -0.05) is 107 Å². The number of nitrogens with zero attached hydrogens (tertiary/aromatic N) is 2. The van der Waals surface area contributed by atoms with Crippen molar-refractivity contribution in [1.82, 2.24) is 10.2 Å². The number of methoxy groups -OCH3 is 1. The summed E-state index contributed by atoms with van der Waals surface area (Å²) in [6, 6.07) is 29.5. The fraction of sp³-hybridized carbons (Fsp3) is 0.316. The van der Waals surface area contributed by atoms with Gasteiger partial charge in [-0.3, -0.25) is 13.9 Å². The van der Waals surface area contributed by atoms with Crippen molar-refractivity contribution in [3.63, 3.8) is 0 Å². The van der Waals surface area contributed by atoms with Gasteiger partial charge in [0.1, 0.15) is 18.3 Å². The zero-order valence-corrected chi connectivity index (χ0v) is 29.8. The molecule has 2 amide bonds. The zero-order valence-electron chi connectivity index (χ0n) is 27.3. The molecule has 48 heavy (non-hydrogen) atoms. The van der Waals surface area contributed by atoms with E-state index in [9.17, 15) is 18.0 Å². The van der Waals surface area contributed by atoms with Crippen molar-refractivity contribution in [2.75, 3.05) is 18.0 Å². The molecule has 0 bridgehead atoms. The van der Waals surface area contributed by atoms with Gasteiger partial charge in [0, 0.05) is 23.5 Å². The van der Waals surface area contributed by atoms with Gasteiger partial charge >= 0.3 is 0 Å². The maximum absolute atomic E-state index is 14.7. The molecule has 10 heteroatoms. The molecule has 8 nitrogen and oxygen atoms in total. The van der Waals surface area contributed by atoms with Gasteiger partial charge in [0.2, 0.25) is 11.8 Å². The van der Waals surface area contributed by atoms with Crippen molar-refractivity contribution in [3.8, 4) is 5.75 Å². The molecule has 1 fully saturated rings. The Kier molecular flexibility index (Phi) is 11.9. The van der Waals surface area contributed by atoms with E-state index in [1.807, 2.05) is 61.5 Å². The van der Waals surface area contributed by atoms with Crippen LogP contribution >= 0.6 is 15.9 Å². The van der Waals surface area contributed by atoms with E-state index in [1.54, 1.807) is 36.4 Å². The fourth-order valence-corrected chi connectivity index (χ4v) is 7.76. The number of benzene rings is 4. The highest BCUT2D eigenvalue weighted by Gasteiger charge is 2.36. The smallest absolute Gasteiger partial charge is 0.264 e. The molecule has 0 aliphatic heterocycles. The first-order valence-electron chi connectivity index (χ1n) is 16.3. The molecule has 0 saturated heterocycles. The maximum Gasteiger partial charge on any atom is 0.264 e. The third-order valence-electron chi connectivity index (χ3n) is 8.73. The van der Waals surface area contributed by atoms with Gasteiger partial charge in [0.05, 0.1) is 17.7 Å². The van der Waals surface area contributed by atoms with E-state index in [0.717, 1.165) is 57.6 Å². The molecule has 0 aromatic heterocycles. The molecule has 252 valence electrons. The number of para-hydroxylation sites is 2. The largest absolute Gasteiger partial charge is 0.495 e. The number of carbonyl (C=O) groups is 2. The Morgan fingerprint density at radius 1 is 0.854 bits per heavy atom. The second-order valence-corrected chi connectivity index (χ2v) is 15.0. The van der Waals surface area contributed by atoms with Gasteiger partial charge in [-0.25, -0.2) is 8.42 Å². The number of halogens is 1. The number of carbonyl (C=O) groups excluding carboxylic acids is 2. The topological polar surface area (TPSA) is 96.0 Å². The maximum atomic E-state index is 14.7. The standard InChI is InChI=1S/C38H42BrN3O5S/c1-28-17-23-33(24-18-28)48(45,46)42(34-15-9-10-16-36(34)47-2)27-37(43)41(26-30-19-21-31(39)22-20-30)35(25-29-11-5-3-6-12-29)38(44)40-32-13-7-4-8-14-32/h3,5-6,9-12,15-24,32,35H,4,7-8,13-14,25-27H2,1-2H3,(H,40,44)/t35-/m1/s1. The molecule has 5 rings (SSSR count). The highest BCUT2D eigenvalue weighted by atomic mass is 79.9. The van der Waals surface area contributed by atoms with Gasteiger partial charge in [-0.15, -0.1) is 0 Å². The van der Waals surface area contributed by atoms with Gasteiger partial charge in [0.15, 0.2) is 0 Å². The lowest BCUT2D eigenvalue weighted by Crippen LogP contribution is -2.55. The number of hydrogen-bond donors (Lipinski definition) is 1. The van der Waals surface area contributed by atoms with Crippen LogP contribution in [0, 0.1) is 6.92 Å². The summed E-state index contributed by atoms with van der Waals surface area (Å²) in [6.45, 7) is 1.43. The second-order valence-electron chi connectivity index (χ2n) is 12.2. The molecule has 1 saturated carbocycles. The van der Waals surface area contributed by atoms with Crippen LogP contribution in [0.1, 0.15) is 48.8 Å². The number of nitrogens with one attached hydrogen (secondary N) is 1. The van der Waals surface area contributed by atoms with Crippen LogP contribution in [0.2, 0.25) is 0 Å². The first kappa shape index (κ1) is 35.2. The van der Waals surface area contributed by atoms with Crippen LogP contribution in [0.25, 0.3) is 0 Å². The monoisotopic (exact) mass is 731 g/mol. The van der Waals surface area contributed by atoms with Crippen LogP contribution in [-0.2, 0) is 32.6 Å². The van der Waals surface area contributed by atoms with Crippen molar-refractivity contribution in [3.05, 3.63) is 124 Å². The SMILES string of the molecule is COc1ccccc1N(CC(=O)N(Cc1ccc(Br)cc1)[C@H](Cc1ccccc1)C(=O)NC1CCCCC1)S(=O)(=O)c1ccc(C)cc1. The van der Waals surface area contributed by atoms with E-state index in [1.165, 1.54) is 24.1 Å². The quantitative estimate of drug-likeness (QED) is 0.159. The van der Waals surface area contributed by atoms with E-state index in [0.29, 0.717) is 5.75 Å². The Morgan fingerprint density at radius 3 is 2.17 bits per heavy atom. The Morgan fingerprint density at radius 2 is 1.50 bits per heavy atom. The van der Waals surface area contributed by atoms with E-state index in [4.69, 9.17) is 4.74 Å². The van der Waals surface area contributed by atoms with Crippen molar-refractivity contribution >= 4 is 43.5 Å². The van der Waals surface area contributed by atoms with Crippen LogP contribution in [0.5, 0.6) is 5.75 Å². The number of amides is 2. The van der Waals surface area contributed by atoms with Crippen molar-refractivity contribution in [1.29, 1.82) is 0 Å². The second kappa shape index (κ2) is 16.3. The number of hydrogen-bond acceptors (Lipinski definition) is 5. The molecular formula is C38H42BrN3O5S. The number of aryl methyl sites for hydroxylation is 1. The summed E-state index contributed by atoms with van der Waals surface area (Å²) in [6.07, 6.45) is 5.27. The van der Waals surface area contributed by atoms with Crippen LogP contribution in [-0.4, -0.2) is 50.9 Å². The Bertz CT molecular complexity index is 1780. The van der Waals surface area contributed by atoms with Crippen LogP contribution in [0.4, 0.5) is 5.69 Å². The lowest BCUT2D eigenvalue weighted by Gasteiger charge is -2.35. The van der Waals surface area contributed by atoms with Crippen molar-refractivity contribution in [2.24, 2.45) is 0 Å². The zero-order chi connectivity index (χ0) is 34.1. The highest BCUT2D eigenvalue weighted by molar-refractivity contribution is 9.10. The number of sulfonamides is 1. The van der Waals surface area contributed by atoms with Crippen molar-refractivity contribution < 1.29 is 22.7 Å². The summed E-state index contributed by atoms with van der Waals surface area (Å²) >= 11 is 3.48. The minimum absolute atomic E-state index is 0.0288. The average Bonchev–Trinajstić information content (AvgIpc) is 3.10. The fourth-order valence-electron chi connectivity index (χ4n) is 6.07. The van der Waals surface area contributed by atoms with Gasteiger partial charge in [-0.05, 0) is 67.3 Å². The Balaban J connectivity index is 1.58. The average molecular weight is 733 g/mol. The molecule has 1 aliphatic rings. The summed E-state index contributed by atoms with van der Waals surface area (Å²) < 4.78 is 36.2. The van der Waals surface area contributed by atoms with E-state index >= 15 is 0 Å². The Hall–Kier alpha value is -4.15. The minimum atomic E-state index is -4.24. The summed E-state index contributed by atoms with van der Waals surface area (Å²) in [5.74, 6) is -0.461. The molecule has 1 atom stereocenters. The third kappa shape index (κ3) is 8.85. The predicted molar refractivity (Wildman–Crippen MR) is 192 cm³/mol. The predicted octanol–water partition coefficient (Wildman–Crippen LogP) is 7.05. The van der Waals surface area contributed by atoms with Gasteiger partial charge in [-0.2, -0.15) is 0 Å². The molecular weight excluding hydrogens is 690 g/mol. The number of ether oxygens (including phenoxy) is 1. The molecule has 4 aromatic rings. The number of anilines is 1. The lowest BCUT2D eigenvalue weighted by molar-refractivity contribution is -0.140. The van der Waals surface area contributed by atoms with E-state index < -0.39 is 28.5 Å². The first-order valence-corrected chi connectivity index (χ1v) is 18.5. The molecule has 0 spiro atoms. The first-order chi connectivity index (χ1) is 23.2. The van der Waals surface area contributed by atoms with Gasteiger partial charge in [0.25, 0.3) is 10.0 Å². The molecule has 0 unspecified atom stereocenters.